The molecule has 1 saturated carbocycles. The molecule has 0 aliphatic heterocycles. The molecule has 1 aromatic rings. The highest BCUT2D eigenvalue weighted by atomic mass is 16.6. The second kappa shape index (κ2) is 4.86. The molecule has 5 nitrogen and oxygen atoms in total. The van der Waals surface area contributed by atoms with Crippen molar-refractivity contribution in [3.05, 3.63) is 35.9 Å². The van der Waals surface area contributed by atoms with E-state index in [1.54, 1.807) is 0 Å². The maximum absolute atomic E-state index is 11.7. The predicted octanol–water partition coefficient (Wildman–Crippen LogP) is 1.68. The lowest BCUT2D eigenvalue weighted by molar-refractivity contribution is 0.114. The van der Waals surface area contributed by atoms with Crippen LogP contribution in [-0.4, -0.2) is 23.0 Å². The van der Waals surface area contributed by atoms with Gasteiger partial charge < -0.3 is 10.5 Å². The molecule has 0 spiro atoms. The molecule has 2 rings (SSSR count). The summed E-state index contributed by atoms with van der Waals surface area (Å²) in [7, 11) is 0. The van der Waals surface area contributed by atoms with Crippen LogP contribution in [-0.2, 0) is 11.3 Å². The molecule has 90 valence electrons. The molecule has 17 heavy (non-hydrogen) atoms. The second-order valence-corrected chi connectivity index (χ2v) is 4.03. The van der Waals surface area contributed by atoms with E-state index in [4.69, 9.17) is 15.9 Å². The summed E-state index contributed by atoms with van der Waals surface area (Å²) in [5.74, 6) is -0.245. The van der Waals surface area contributed by atoms with Gasteiger partial charge in [0.15, 0.2) is 5.96 Å². The van der Waals surface area contributed by atoms with E-state index in [-0.39, 0.29) is 18.6 Å². The third-order valence-corrected chi connectivity index (χ3v) is 2.57. The van der Waals surface area contributed by atoms with Gasteiger partial charge in [-0.05, 0) is 18.4 Å². The van der Waals surface area contributed by atoms with E-state index in [2.05, 4.69) is 0 Å². The maximum Gasteiger partial charge on any atom is 0.417 e. The Labute approximate surface area is 99.7 Å². The van der Waals surface area contributed by atoms with E-state index in [1.165, 1.54) is 4.90 Å². The molecule has 1 aromatic carbocycles. The molecular weight excluding hydrogens is 218 g/mol. The quantitative estimate of drug-likeness (QED) is 0.615. The average Bonchev–Trinajstić information content (AvgIpc) is 3.12. The summed E-state index contributed by atoms with van der Waals surface area (Å²) in [6.07, 6.45) is 1.24. The Morgan fingerprint density at radius 1 is 1.41 bits per heavy atom. The fourth-order valence-electron chi connectivity index (χ4n) is 1.57. The first-order chi connectivity index (χ1) is 8.18. The molecule has 1 fully saturated rings. The minimum atomic E-state index is -0.538. The number of nitrogens with zero attached hydrogens (tertiary/aromatic N) is 1. The van der Waals surface area contributed by atoms with Crippen molar-refractivity contribution in [3.8, 4) is 0 Å². The van der Waals surface area contributed by atoms with Gasteiger partial charge in [0.25, 0.3) is 0 Å². The van der Waals surface area contributed by atoms with E-state index in [1.807, 2.05) is 30.3 Å². The highest BCUT2D eigenvalue weighted by Crippen LogP contribution is 2.27. The first-order valence-corrected chi connectivity index (χ1v) is 5.52. The number of hydrogen-bond donors (Lipinski definition) is 2. The Morgan fingerprint density at radius 3 is 2.59 bits per heavy atom. The number of carbonyl (C=O) groups is 1. The normalized spacial score (nSPS) is 14.1. The summed E-state index contributed by atoms with van der Waals surface area (Å²) < 4.78 is 5.12. The van der Waals surface area contributed by atoms with Crippen LogP contribution in [0.3, 0.4) is 0 Å². The lowest BCUT2D eigenvalue weighted by atomic mass is 10.2. The lowest BCUT2D eigenvalue weighted by Gasteiger charge is -2.19. The molecule has 1 aliphatic rings. The summed E-state index contributed by atoms with van der Waals surface area (Å²) in [6.45, 7) is 0.205. The molecule has 1 amide bonds. The summed E-state index contributed by atoms with van der Waals surface area (Å²) in [6, 6.07) is 9.47. The highest BCUT2D eigenvalue weighted by Gasteiger charge is 2.35. The van der Waals surface area contributed by atoms with Crippen LogP contribution in [0, 0.1) is 5.41 Å². The van der Waals surface area contributed by atoms with Gasteiger partial charge in [0.2, 0.25) is 0 Å². The van der Waals surface area contributed by atoms with E-state index in [0.717, 1.165) is 18.4 Å². The van der Waals surface area contributed by atoms with Crippen LogP contribution in [0.2, 0.25) is 0 Å². The van der Waals surface area contributed by atoms with Crippen LogP contribution >= 0.6 is 0 Å². The molecule has 0 radical (unpaired) electrons. The Hall–Kier alpha value is -2.04. The molecule has 0 saturated heterocycles. The molecule has 0 atom stereocenters. The summed E-state index contributed by atoms with van der Waals surface area (Å²) in [4.78, 5) is 12.9. The number of nitrogens with one attached hydrogen (secondary N) is 1. The van der Waals surface area contributed by atoms with Gasteiger partial charge >= 0.3 is 6.09 Å². The number of ether oxygens (including phenoxy) is 1. The number of amides is 1. The summed E-state index contributed by atoms with van der Waals surface area (Å²) in [5.41, 5.74) is 6.27. The van der Waals surface area contributed by atoms with E-state index < -0.39 is 6.09 Å². The molecule has 0 aromatic heterocycles. The molecule has 3 N–H and O–H groups in total. The number of rotatable bonds is 3. The fraction of sp³-hybridized carbons (Fsp3) is 0.333. The topological polar surface area (TPSA) is 79.4 Å². The number of carbonyl (C=O) groups excluding carboxylic acids is 1. The lowest BCUT2D eigenvalue weighted by Crippen LogP contribution is -2.43. The van der Waals surface area contributed by atoms with Crippen LogP contribution in [0.25, 0.3) is 0 Å². The van der Waals surface area contributed by atoms with Gasteiger partial charge in [0.05, 0.1) is 0 Å². The first-order valence-electron chi connectivity index (χ1n) is 5.52. The summed E-state index contributed by atoms with van der Waals surface area (Å²) >= 11 is 0. The van der Waals surface area contributed by atoms with Crippen LogP contribution in [0.5, 0.6) is 0 Å². The van der Waals surface area contributed by atoms with Gasteiger partial charge in [0.1, 0.15) is 6.61 Å². The number of benzene rings is 1. The molecular formula is C12H15N3O2. The Bertz CT molecular complexity index is 415. The van der Waals surface area contributed by atoms with Crippen molar-refractivity contribution >= 4 is 12.1 Å². The molecule has 0 heterocycles. The average molecular weight is 233 g/mol. The minimum absolute atomic E-state index is 0.0516. The molecule has 0 unspecified atom stereocenters. The van der Waals surface area contributed by atoms with Crippen molar-refractivity contribution < 1.29 is 9.53 Å². The van der Waals surface area contributed by atoms with E-state index in [9.17, 15) is 4.79 Å². The van der Waals surface area contributed by atoms with Crippen molar-refractivity contribution in [1.82, 2.24) is 4.90 Å². The highest BCUT2D eigenvalue weighted by molar-refractivity contribution is 5.92. The standard InChI is InChI=1S/C12H15N3O2/c13-11(14)15(10-6-7-10)12(16)17-8-9-4-2-1-3-5-9/h1-5,10H,6-8H2,(H3,13,14). The molecule has 0 bridgehead atoms. The van der Waals surface area contributed by atoms with Gasteiger partial charge in [-0.15, -0.1) is 0 Å². The van der Waals surface area contributed by atoms with Crippen LogP contribution < -0.4 is 5.73 Å². The smallest absolute Gasteiger partial charge is 0.417 e. The SMILES string of the molecule is N=C(N)N(C(=O)OCc1ccccc1)C1CC1. The molecule has 1 aliphatic carbocycles. The van der Waals surface area contributed by atoms with Gasteiger partial charge in [-0.3, -0.25) is 5.41 Å². The number of guanidine groups is 1. The van der Waals surface area contributed by atoms with Gasteiger partial charge in [-0.2, -0.15) is 0 Å². The fourth-order valence-corrected chi connectivity index (χ4v) is 1.57. The van der Waals surface area contributed by atoms with E-state index in [0.29, 0.717) is 0 Å². The van der Waals surface area contributed by atoms with Gasteiger partial charge in [-0.25, -0.2) is 9.69 Å². The van der Waals surface area contributed by atoms with Crippen molar-refractivity contribution in [2.45, 2.75) is 25.5 Å². The second-order valence-electron chi connectivity index (χ2n) is 4.03. The zero-order valence-corrected chi connectivity index (χ0v) is 9.43. The van der Waals surface area contributed by atoms with Crippen molar-refractivity contribution in [1.29, 1.82) is 5.41 Å². The largest absolute Gasteiger partial charge is 0.444 e. The number of hydrogen-bond acceptors (Lipinski definition) is 3. The predicted molar refractivity (Wildman–Crippen MR) is 63.4 cm³/mol. The monoisotopic (exact) mass is 233 g/mol. The Morgan fingerprint density at radius 2 is 2.06 bits per heavy atom. The Kier molecular flexibility index (Phi) is 3.27. The Balaban J connectivity index is 1.90. The number of nitrogens with two attached hydrogens (primary N) is 1. The van der Waals surface area contributed by atoms with Crippen molar-refractivity contribution in [3.63, 3.8) is 0 Å². The zero-order chi connectivity index (χ0) is 12.3. The van der Waals surface area contributed by atoms with Crippen LogP contribution in [0.4, 0.5) is 4.79 Å². The van der Waals surface area contributed by atoms with Crippen LogP contribution in [0.1, 0.15) is 18.4 Å². The third kappa shape index (κ3) is 2.96. The van der Waals surface area contributed by atoms with Crippen LogP contribution in [0.15, 0.2) is 30.3 Å². The minimum Gasteiger partial charge on any atom is -0.444 e. The summed E-state index contributed by atoms with van der Waals surface area (Å²) in [5, 5.41) is 7.34. The van der Waals surface area contributed by atoms with Gasteiger partial charge in [0, 0.05) is 6.04 Å². The maximum atomic E-state index is 11.7. The first kappa shape index (κ1) is 11.4. The third-order valence-electron chi connectivity index (χ3n) is 2.57. The van der Waals surface area contributed by atoms with Crippen molar-refractivity contribution in [2.75, 3.05) is 0 Å². The van der Waals surface area contributed by atoms with E-state index >= 15 is 0 Å². The van der Waals surface area contributed by atoms with Gasteiger partial charge in [-0.1, -0.05) is 30.3 Å². The molecule has 5 heteroatoms. The van der Waals surface area contributed by atoms with Crippen molar-refractivity contribution in [2.24, 2.45) is 5.73 Å². The zero-order valence-electron chi connectivity index (χ0n) is 9.43.